The lowest BCUT2D eigenvalue weighted by atomic mass is 10.2. The molecule has 0 bridgehead atoms. The summed E-state index contributed by atoms with van der Waals surface area (Å²) < 4.78 is 5.27. The predicted molar refractivity (Wildman–Crippen MR) is 66.5 cm³/mol. The van der Waals surface area contributed by atoms with E-state index < -0.39 is 12.1 Å². The van der Waals surface area contributed by atoms with E-state index in [9.17, 15) is 9.59 Å². The van der Waals surface area contributed by atoms with Crippen LogP contribution in [-0.2, 0) is 9.53 Å². The molecule has 1 amide bonds. The molecule has 0 radical (unpaired) electrons. The third kappa shape index (κ3) is 3.41. The number of rotatable bonds is 4. The summed E-state index contributed by atoms with van der Waals surface area (Å²) in [6, 6.07) is 3.12. The number of aromatic nitrogens is 1. The summed E-state index contributed by atoms with van der Waals surface area (Å²) in [6.45, 7) is 0.272. The van der Waals surface area contributed by atoms with E-state index in [2.05, 4.69) is 10.3 Å². The van der Waals surface area contributed by atoms with Crippen LogP contribution in [0.1, 0.15) is 23.3 Å². The molecule has 1 aliphatic rings. The van der Waals surface area contributed by atoms with Crippen LogP contribution in [0.25, 0.3) is 0 Å². The Bertz CT molecular complexity index is 474. The van der Waals surface area contributed by atoms with Gasteiger partial charge in [0.1, 0.15) is 5.69 Å². The molecule has 0 aromatic carbocycles. The van der Waals surface area contributed by atoms with Crippen LogP contribution in [0, 0.1) is 0 Å². The van der Waals surface area contributed by atoms with Gasteiger partial charge in [-0.2, -0.15) is 0 Å². The van der Waals surface area contributed by atoms with Crippen molar-refractivity contribution in [3.63, 3.8) is 0 Å². The first-order valence-electron chi connectivity index (χ1n) is 5.94. The van der Waals surface area contributed by atoms with Crippen molar-refractivity contribution in [2.24, 2.45) is 0 Å². The van der Waals surface area contributed by atoms with Gasteiger partial charge in [-0.15, -0.1) is 0 Å². The molecular formula is C12H15N3O4. The number of carboxylic acid groups (broad SMARTS) is 1. The molecule has 1 fully saturated rings. The smallest absolute Gasteiger partial charge is 0.332 e. The van der Waals surface area contributed by atoms with Crippen molar-refractivity contribution >= 4 is 17.6 Å². The van der Waals surface area contributed by atoms with Crippen molar-refractivity contribution in [3.8, 4) is 0 Å². The Morgan fingerprint density at radius 1 is 1.47 bits per heavy atom. The van der Waals surface area contributed by atoms with E-state index in [4.69, 9.17) is 15.6 Å². The second-order valence-corrected chi connectivity index (χ2v) is 4.35. The lowest BCUT2D eigenvalue weighted by Crippen LogP contribution is -2.33. The molecule has 19 heavy (non-hydrogen) atoms. The van der Waals surface area contributed by atoms with Crippen LogP contribution in [0.5, 0.6) is 0 Å². The number of hydrogen-bond donors (Lipinski definition) is 3. The van der Waals surface area contributed by atoms with Gasteiger partial charge in [-0.1, -0.05) is 0 Å². The van der Waals surface area contributed by atoms with Gasteiger partial charge in [-0.3, -0.25) is 4.79 Å². The summed E-state index contributed by atoms with van der Waals surface area (Å²) >= 11 is 0. The first kappa shape index (κ1) is 13.3. The van der Waals surface area contributed by atoms with Gasteiger partial charge in [0.05, 0.1) is 18.0 Å². The van der Waals surface area contributed by atoms with Gasteiger partial charge in [0.15, 0.2) is 6.10 Å². The highest BCUT2D eigenvalue weighted by atomic mass is 16.5. The summed E-state index contributed by atoms with van der Waals surface area (Å²) in [7, 11) is 0. The zero-order valence-electron chi connectivity index (χ0n) is 10.2. The molecule has 2 heterocycles. The Labute approximate surface area is 109 Å². The number of nitrogen functional groups attached to an aromatic ring is 1. The third-order valence-corrected chi connectivity index (χ3v) is 2.89. The van der Waals surface area contributed by atoms with E-state index >= 15 is 0 Å². The lowest BCUT2D eigenvalue weighted by molar-refractivity contribution is -0.149. The zero-order chi connectivity index (χ0) is 13.8. The number of carboxylic acids is 1. The fourth-order valence-electron chi connectivity index (χ4n) is 1.87. The summed E-state index contributed by atoms with van der Waals surface area (Å²) in [4.78, 5) is 26.3. The van der Waals surface area contributed by atoms with E-state index in [1.54, 1.807) is 6.07 Å². The van der Waals surface area contributed by atoms with Gasteiger partial charge in [-0.05, 0) is 25.0 Å². The van der Waals surface area contributed by atoms with Gasteiger partial charge in [0.2, 0.25) is 0 Å². The Kier molecular flexibility index (Phi) is 3.96. The number of hydrogen-bond acceptors (Lipinski definition) is 5. The third-order valence-electron chi connectivity index (χ3n) is 2.89. The molecule has 7 nitrogen and oxygen atoms in total. The van der Waals surface area contributed by atoms with Crippen molar-refractivity contribution in [1.29, 1.82) is 0 Å². The summed E-state index contributed by atoms with van der Waals surface area (Å²) in [5.74, 6) is -1.29. The highest BCUT2D eigenvalue weighted by Gasteiger charge is 2.30. The van der Waals surface area contributed by atoms with E-state index in [1.807, 2.05) is 0 Å². The molecule has 4 N–H and O–H groups in total. The molecular weight excluding hydrogens is 250 g/mol. The molecule has 1 aromatic heterocycles. The molecule has 7 heteroatoms. The number of ether oxygens (including phenoxy) is 1. The van der Waals surface area contributed by atoms with Crippen LogP contribution in [-0.4, -0.2) is 40.7 Å². The fraction of sp³-hybridized carbons (Fsp3) is 0.417. The molecule has 1 aromatic rings. The van der Waals surface area contributed by atoms with Crippen LogP contribution < -0.4 is 11.1 Å². The minimum atomic E-state index is -0.964. The normalized spacial score (nSPS) is 22.1. The molecule has 0 saturated carbocycles. The highest BCUT2D eigenvalue weighted by molar-refractivity contribution is 5.92. The largest absolute Gasteiger partial charge is 0.479 e. The molecule has 102 valence electrons. The first-order chi connectivity index (χ1) is 9.06. The van der Waals surface area contributed by atoms with Gasteiger partial charge >= 0.3 is 5.97 Å². The summed E-state index contributed by atoms with van der Waals surface area (Å²) in [5.41, 5.74) is 6.23. The maximum Gasteiger partial charge on any atom is 0.332 e. The summed E-state index contributed by atoms with van der Waals surface area (Å²) in [5, 5.41) is 11.4. The number of carbonyl (C=O) groups excluding carboxylic acids is 1. The number of carbonyl (C=O) groups is 2. The molecule has 0 aliphatic carbocycles. The maximum atomic E-state index is 11.7. The monoisotopic (exact) mass is 265 g/mol. The molecule has 2 atom stereocenters. The maximum absolute atomic E-state index is 11.7. The average molecular weight is 265 g/mol. The average Bonchev–Trinajstić information content (AvgIpc) is 2.86. The van der Waals surface area contributed by atoms with Crippen molar-refractivity contribution in [2.45, 2.75) is 25.0 Å². The zero-order valence-corrected chi connectivity index (χ0v) is 10.2. The number of aliphatic carboxylic acids is 1. The second-order valence-electron chi connectivity index (χ2n) is 4.35. The minimum Gasteiger partial charge on any atom is -0.479 e. The Hall–Kier alpha value is -2.15. The predicted octanol–water partition coefficient (Wildman–Crippen LogP) is 0.0258. The lowest BCUT2D eigenvalue weighted by Gasteiger charge is -2.12. The van der Waals surface area contributed by atoms with Crippen LogP contribution in [0.3, 0.4) is 0 Å². The van der Waals surface area contributed by atoms with E-state index in [1.165, 1.54) is 12.3 Å². The number of nitrogens with two attached hydrogens (primary N) is 1. The van der Waals surface area contributed by atoms with Crippen LogP contribution in [0.15, 0.2) is 18.3 Å². The number of nitrogens with one attached hydrogen (secondary N) is 1. The molecule has 2 unspecified atom stereocenters. The standard InChI is InChI=1S/C12H15N3O4/c13-7-1-3-9(14-5-7)11(16)15-6-8-2-4-10(19-8)12(17)18/h1,3,5,8,10H,2,4,6,13H2,(H,15,16)(H,17,18). The SMILES string of the molecule is Nc1ccc(C(=O)NCC2CCC(C(=O)O)O2)nc1. The number of anilines is 1. The van der Waals surface area contributed by atoms with Crippen molar-refractivity contribution < 1.29 is 19.4 Å². The van der Waals surface area contributed by atoms with Gasteiger partial charge in [0.25, 0.3) is 5.91 Å². The Balaban J connectivity index is 1.81. The highest BCUT2D eigenvalue weighted by Crippen LogP contribution is 2.19. The van der Waals surface area contributed by atoms with Crippen molar-refractivity contribution in [1.82, 2.24) is 10.3 Å². The van der Waals surface area contributed by atoms with Gasteiger partial charge in [0, 0.05) is 6.54 Å². The van der Waals surface area contributed by atoms with E-state index in [0.29, 0.717) is 18.5 Å². The Morgan fingerprint density at radius 3 is 2.84 bits per heavy atom. The minimum absolute atomic E-state index is 0.265. The van der Waals surface area contributed by atoms with E-state index in [-0.39, 0.29) is 24.2 Å². The van der Waals surface area contributed by atoms with Crippen molar-refractivity contribution in [2.75, 3.05) is 12.3 Å². The van der Waals surface area contributed by atoms with Gasteiger partial charge < -0.3 is 20.9 Å². The quantitative estimate of drug-likeness (QED) is 0.707. The number of nitrogens with zero attached hydrogens (tertiary/aromatic N) is 1. The first-order valence-corrected chi connectivity index (χ1v) is 5.94. The Morgan fingerprint density at radius 2 is 2.26 bits per heavy atom. The van der Waals surface area contributed by atoms with Crippen LogP contribution in [0.2, 0.25) is 0 Å². The molecule has 0 spiro atoms. The summed E-state index contributed by atoms with van der Waals surface area (Å²) in [6.07, 6.45) is 1.46. The number of amides is 1. The molecule has 1 aliphatic heterocycles. The van der Waals surface area contributed by atoms with Crippen molar-refractivity contribution in [3.05, 3.63) is 24.0 Å². The number of pyridine rings is 1. The fourth-order valence-corrected chi connectivity index (χ4v) is 1.87. The molecule has 2 rings (SSSR count). The second kappa shape index (κ2) is 5.66. The van der Waals surface area contributed by atoms with Crippen LogP contribution in [0.4, 0.5) is 5.69 Å². The topological polar surface area (TPSA) is 115 Å². The van der Waals surface area contributed by atoms with E-state index in [0.717, 1.165) is 0 Å². The van der Waals surface area contributed by atoms with Gasteiger partial charge in [-0.25, -0.2) is 9.78 Å². The molecule has 1 saturated heterocycles. The van der Waals surface area contributed by atoms with Crippen LogP contribution >= 0.6 is 0 Å².